The highest BCUT2D eigenvalue weighted by molar-refractivity contribution is 14.0. The molecular formula is C11H23IN6. The average molecular weight is 366 g/mol. The molecule has 0 saturated carbocycles. The molecule has 0 bridgehead atoms. The molecule has 0 saturated heterocycles. The lowest BCUT2D eigenvalue weighted by Crippen LogP contribution is -2.37. The number of rotatable bonds is 6. The normalized spacial score (nSPS) is 10.9. The van der Waals surface area contributed by atoms with E-state index in [1.165, 1.54) is 6.42 Å². The van der Waals surface area contributed by atoms with E-state index in [-0.39, 0.29) is 24.0 Å². The van der Waals surface area contributed by atoms with E-state index in [4.69, 9.17) is 0 Å². The molecule has 6 nitrogen and oxygen atoms in total. The highest BCUT2D eigenvalue weighted by atomic mass is 127. The largest absolute Gasteiger partial charge is 0.357 e. The summed E-state index contributed by atoms with van der Waals surface area (Å²) >= 11 is 0. The van der Waals surface area contributed by atoms with Gasteiger partial charge in [-0.1, -0.05) is 13.3 Å². The number of halogens is 1. The van der Waals surface area contributed by atoms with Crippen LogP contribution in [0.1, 0.15) is 32.5 Å². The fraction of sp³-hybridized carbons (Fsp3) is 0.727. The van der Waals surface area contributed by atoms with Gasteiger partial charge in [0.25, 0.3) is 0 Å². The molecule has 1 aromatic heterocycles. The van der Waals surface area contributed by atoms with Gasteiger partial charge in [0.1, 0.15) is 12.9 Å². The third-order valence-corrected chi connectivity index (χ3v) is 2.35. The smallest absolute Gasteiger partial charge is 0.191 e. The molecule has 2 N–H and O–H groups in total. The lowest BCUT2D eigenvalue weighted by molar-refractivity contribution is 0.722. The van der Waals surface area contributed by atoms with Crippen molar-refractivity contribution in [3.05, 3.63) is 12.2 Å². The molecule has 18 heavy (non-hydrogen) atoms. The number of hydrogen-bond acceptors (Lipinski definition) is 3. The van der Waals surface area contributed by atoms with Gasteiger partial charge in [-0.15, -0.1) is 34.2 Å². The van der Waals surface area contributed by atoms with E-state index in [0.29, 0.717) is 6.54 Å². The Hall–Kier alpha value is -0.860. The van der Waals surface area contributed by atoms with Crippen molar-refractivity contribution in [3.8, 4) is 0 Å². The predicted molar refractivity (Wildman–Crippen MR) is 84.1 cm³/mol. The third kappa shape index (κ3) is 6.18. The molecule has 0 aliphatic heterocycles. The first-order valence-corrected chi connectivity index (χ1v) is 6.13. The monoisotopic (exact) mass is 366 g/mol. The van der Waals surface area contributed by atoms with Crippen LogP contribution in [0, 0.1) is 0 Å². The van der Waals surface area contributed by atoms with Crippen LogP contribution in [0.5, 0.6) is 0 Å². The first-order valence-electron chi connectivity index (χ1n) is 6.13. The van der Waals surface area contributed by atoms with Gasteiger partial charge < -0.3 is 15.2 Å². The van der Waals surface area contributed by atoms with Crippen molar-refractivity contribution in [2.75, 3.05) is 13.1 Å². The van der Waals surface area contributed by atoms with E-state index >= 15 is 0 Å². The summed E-state index contributed by atoms with van der Waals surface area (Å²) in [5.41, 5.74) is 0. The quantitative estimate of drug-likeness (QED) is 0.345. The molecule has 0 spiro atoms. The number of guanidine groups is 1. The van der Waals surface area contributed by atoms with Crippen molar-refractivity contribution in [3.63, 3.8) is 0 Å². The SMILES string of the molecule is CCCCNC(=NCc1nncn1C)NCC.I. The van der Waals surface area contributed by atoms with Crippen molar-refractivity contribution in [2.45, 2.75) is 33.2 Å². The summed E-state index contributed by atoms with van der Waals surface area (Å²) in [6, 6.07) is 0. The summed E-state index contributed by atoms with van der Waals surface area (Å²) in [7, 11) is 1.92. The highest BCUT2D eigenvalue weighted by Gasteiger charge is 2.00. The van der Waals surface area contributed by atoms with Crippen molar-refractivity contribution < 1.29 is 0 Å². The summed E-state index contributed by atoms with van der Waals surface area (Å²) in [6.07, 6.45) is 4.01. The average Bonchev–Trinajstić information content (AvgIpc) is 2.72. The molecular weight excluding hydrogens is 343 g/mol. The second kappa shape index (κ2) is 10.1. The number of aromatic nitrogens is 3. The van der Waals surface area contributed by atoms with E-state index in [0.717, 1.165) is 31.3 Å². The highest BCUT2D eigenvalue weighted by Crippen LogP contribution is 1.93. The Morgan fingerprint density at radius 3 is 2.72 bits per heavy atom. The Bertz CT molecular complexity index is 349. The third-order valence-electron chi connectivity index (χ3n) is 2.35. The summed E-state index contributed by atoms with van der Waals surface area (Å²) in [5.74, 6) is 1.70. The minimum atomic E-state index is 0. The molecule has 0 radical (unpaired) electrons. The fourth-order valence-electron chi connectivity index (χ4n) is 1.33. The van der Waals surface area contributed by atoms with E-state index in [1.54, 1.807) is 6.33 Å². The van der Waals surface area contributed by atoms with E-state index in [2.05, 4.69) is 39.7 Å². The molecule has 0 aliphatic carbocycles. The number of aliphatic imine (C=N–C) groups is 1. The van der Waals surface area contributed by atoms with Crippen LogP contribution in [-0.4, -0.2) is 33.8 Å². The first kappa shape index (κ1) is 17.1. The zero-order chi connectivity index (χ0) is 12.5. The fourth-order valence-corrected chi connectivity index (χ4v) is 1.33. The Labute approximate surface area is 126 Å². The Morgan fingerprint density at radius 2 is 2.17 bits per heavy atom. The minimum absolute atomic E-state index is 0. The van der Waals surface area contributed by atoms with E-state index in [1.807, 2.05) is 11.6 Å². The maximum absolute atomic E-state index is 4.46. The van der Waals surface area contributed by atoms with Gasteiger partial charge in [0.15, 0.2) is 11.8 Å². The Balaban J connectivity index is 0.00000289. The van der Waals surface area contributed by atoms with Crippen LogP contribution >= 0.6 is 24.0 Å². The molecule has 1 rings (SSSR count). The van der Waals surface area contributed by atoms with Gasteiger partial charge in [0.05, 0.1) is 0 Å². The van der Waals surface area contributed by atoms with Crippen LogP contribution in [0.15, 0.2) is 11.3 Å². The van der Waals surface area contributed by atoms with Crippen LogP contribution in [0.3, 0.4) is 0 Å². The zero-order valence-electron chi connectivity index (χ0n) is 11.3. The van der Waals surface area contributed by atoms with Gasteiger partial charge in [-0.3, -0.25) is 0 Å². The summed E-state index contributed by atoms with van der Waals surface area (Å²) in [5, 5.41) is 14.3. The van der Waals surface area contributed by atoms with Gasteiger partial charge in [-0.05, 0) is 13.3 Å². The van der Waals surface area contributed by atoms with E-state index in [9.17, 15) is 0 Å². The van der Waals surface area contributed by atoms with Crippen LogP contribution in [0.4, 0.5) is 0 Å². The summed E-state index contributed by atoms with van der Waals surface area (Å²) < 4.78 is 1.87. The minimum Gasteiger partial charge on any atom is -0.357 e. The molecule has 0 unspecified atom stereocenters. The standard InChI is InChI=1S/C11H22N6.HI/c1-4-6-7-13-11(12-5-2)14-8-10-16-15-9-17(10)3;/h9H,4-8H2,1-3H3,(H2,12,13,14);1H. The summed E-state index contributed by atoms with van der Waals surface area (Å²) in [6.45, 7) is 6.57. The van der Waals surface area contributed by atoms with Crippen LogP contribution in [-0.2, 0) is 13.6 Å². The molecule has 1 aromatic rings. The van der Waals surface area contributed by atoms with Gasteiger partial charge in [-0.25, -0.2) is 4.99 Å². The second-order valence-electron chi connectivity index (χ2n) is 3.83. The zero-order valence-corrected chi connectivity index (χ0v) is 13.6. The van der Waals surface area contributed by atoms with Gasteiger partial charge in [0, 0.05) is 20.1 Å². The molecule has 104 valence electrons. The maximum atomic E-state index is 4.46. The number of hydrogen-bond donors (Lipinski definition) is 2. The predicted octanol–water partition coefficient (Wildman–Crippen LogP) is 1.29. The van der Waals surface area contributed by atoms with Crippen molar-refractivity contribution >= 4 is 29.9 Å². The molecule has 7 heteroatoms. The van der Waals surface area contributed by atoms with Gasteiger partial charge in [0.2, 0.25) is 0 Å². The maximum Gasteiger partial charge on any atom is 0.191 e. The molecule has 0 aliphatic rings. The van der Waals surface area contributed by atoms with Crippen molar-refractivity contribution in [1.82, 2.24) is 25.4 Å². The number of nitrogens with one attached hydrogen (secondary N) is 2. The Kier molecular flexibility index (Phi) is 9.62. The number of unbranched alkanes of at least 4 members (excludes halogenated alkanes) is 1. The lowest BCUT2D eigenvalue weighted by atomic mass is 10.3. The Morgan fingerprint density at radius 1 is 1.39 bits per heavy atom. The van der Waals surface area contributed by atoms with Crippen LogP contribution in [0.25, 0.3) is 0 Å². The van der Waals surface area contributed by atoms with E-state index < -0.39 is 0 Å². The molecule has 0 fully saturated rings. The first-order chi connectivity index (χ1) is 8.27. The van der Waals surface area contributed by atoms with Crippen LogP contribution < -0.4 is 10.6 Å². The second-order valence-corrected chi connectivity index (χ2v) is 3.83. The van der Waals surface area contributed by atoms with Gasteiger partial charge in [-0.2, -0.15) is 0 Å². The lowest BCUT2D eigenvalue weighted by Gasteiger charge is -2.10. The molecule has 1 heterocycles. The molecule has 0 amide bonds. The van der Waals surface area contributed by atoms with Crippen LogP contribution in [0.2, 0.25) is 0 Å². The number of aryl methyl sites for hydroxylation is 1. The topological polar surface area (TPSA) is 67.1 Å². The van der Waals surface area contributed by atoms with Crippen molar-refractivity contribution in [2.24, 2.45) is 12.0 Å². The van der Waals surface area contributed by atoms with Crippen molar-refractivity contribution in [1.29, 1.82) is 0 Å². The number of nitrogens with zero attached hydrogens (tertiary/aromatic N) is 4. The molecule has 0 aromatic carbocycles. The van der Waals surface area contributed by atoms with Gasteiger partial charge >= 0.3 is 0 Å². The molecule has 0 atom stereocenters. The summed E-state index contributed by atoms with van der Waals surface area (Å²) in [4.78, 5) is 4.46.